The van der Waals surface area contributed by atoms with Gasteiger partial charge in [-0.3, -0.25) is 4.79 Å². The molecular weight excluding hydrogens is 314 g/mol. The van der Waals surface area contributed by atoms with E-state index >= 15 is 0 Å². The Hall–Kier alpha value is -0.520. The monoisotopic (exact) mass is 329 g/mol. The van der Waals surface area contributed by atoms with Crippen LogP contribution < -0.4 is 0 Å². The van der Waals surface area contributed by atoms with Crippen LogP contribution in [0.15, 0.2) is 33.6 Å². The number of aliphatic hydroxyl groups is 1. The first-order valence-corrected chi connectivity index (χ1v) is 7.74. The van der Waals surface area contributed by atoms with Gasteiger partial charge in [0.05, 0.1) is 5.75 Å². The predicted molar refractivity (Wildman–Crippen MR) is 76.6 cm³/mol. The molecule has 1 saturated heterocycles. The number of carbonyl (C=O) groups is 1. The van der Waals surface area contributed by atoms with Crippen molar-refractivity contribution in [1.82, 2.24) is 4.90 Å². The van der Waals surface area contributed by atoms with Crippen LogP contribution in [0.1, 0.15) is 6.42 Å². The minimum atomic E-state index is 0.163. The number of rotatable bonds is 4. The van der Waals surface area contributed by atoms with Crippen LogP contribution in [0.4, 0.5) is 0 Å². The van der Waals surface area contributed by atoms with E-state index in [-0.39, 0.29) is 18.4 Å². The Morgan fingerprint density at radius 3 is 3.06 bits per heavy atom. The third kappa shape index (κ3) is 3.73. The van der Waals surface area contributed by atoms with E-state index in [1.54, 1.807) is 11.8 Å². The molecule has 0 aromatic heterocycles. The van der Waals surface area contributed by atoms with Crippen molar-refractivity contribution in [3.8, 4) is 0 Å². The van der Waals surface area contributed by atoms with Gasteiger partial charge in [-0.2, -0.15) is 0 Å². The second kappa shape index (κ2) is 6.59. The van der Waals surface area contributed by atoms with Crippen molar-refractivity contribution in [2.24, 2.45) is 5.92 Å². The zero-order chi connectivity index (χ0) is 13.0. The molecule has 98 valence electrons. The lowest BCUT2D eigenvalue weighted by atomic mass is 10.1. The van der Waals surface area contributed by atoms with Crippen LogP contribution in [-0.2, 0) is 4.79 Å². The maximum Gasteiger partial charge on any atom is 0.232 e. The third-order valence-corrected chi connectivity index (χ3v) is 4.53. The molecule has 5 heteroatoms. The SMILES string of the molecule is O=C(CSc1cccc(Br)c1)N1CCC(CO)C1. The maximum absolute atomic E-state index is 12.0. The van der Waals surface area contributed by atoms with Crippen molar-refractivity contribution in [1.29, 1.82) is 0 Å². The number of amides is 1. The highest BCUT2D eigenvalue weighted by Gasteiger charge is 2.25. The topological polar surface area (TPSA) is 40.5 Å². The number of aliphatic hydroxyl groups excluding tert-OH is 1. The number of nitrogens with zero attached hydrogens (tertiary/aromatic N) is 1. The summed E-state index contributed by atoms with van der Waals surface area (Å²) in [5.41, 5.74) is 0. The summed E-state index contributed by atoms with van der Waals surface area (Å²) in [6, 6.07) is 7.95. The zero-order valence-electron chi connectivity index (χ0n) is 10.0. The van der Waals surface area contributed by atoms with Gasteiger partial charge in [0, 0.05) is 35.0 Å². The summed E-state index contributed by atoms with van der Waals surface area (Å²) in [7, 11) is 0. The standard InChI is InChI=1S/C13H16BrNO2S/c14-11-2-1-3-12(6-11)18-9-13(17)15-5-4-10(7-15)8-16/h1-3,6,10,16H,4-5,7-9H2. The molecule has 1 aliphatic heterocycles. The summed E-state index contributed by atoms with van der Waals surface area (Å²) < 4.78 is 1.03. The Morgan fingerprint density at radius 2 is 2.39 bits per heavy atom. The van der Waals surface area contributed by atoms with E-state index in [1.165, 1.54) is 0 Å². The number of hydrogen-bond donors (Lipinski definition) is 1. The van der Waals surface area contributed by atoms with E-state index in [1.807, 2.05) is 29.2 Å². The molecule has 1 aliphatic rings. The first-order chi connectivity index (χ1) is 8.69. The second-order valence-electron chi connectivity index (χ2n) is 4.42. The molecule has 1 amide bonds. The molecule has 1 aromatic carbocycles. The van der Waals surface area contributed by atoms with E-state index in [2.05, 4.69) is 15.9 Å². The van der Waals surface area contributed by atoms with Gasteiger partial charge in [-0.1, -0.05) is 22.0 Å². The quantitative estimate of drug-likeness (QED) is 0.862. The highest BCUT2D eigenvalue weighted by atomic mass is 79.9. The summed E-state index contributed by atoms with van der Waals surface area (Å²) in [5, 5.41) is 9.06. The fourth-order valence-corrected chi connectivity index (χ4v) is 3.41. The summed E-state index contributed by atoms with van der Waals surface area (Å²) in [4.78, 5) is 14.9. The molecule has 0 bridgehead atoms. The minimum absolute atomic E-state index is 0.163. The number of halogens is 1. The van der Waals surface area contributed by atoms with Crippen LogP contribution >= 0.6 is 27.7 Å². The van der Waals surface area contributed by atoms with Crippen LogP contribution in [-0.4, -0.2) is 41.4 Å². The molecule has 1 atom stereocenters. The molecule has 0 radical (unpaired) electrons. The molecular formula is C13H16BrNO2S. The van der Waals surface area contributed by atoms with Crippen LogP contribution in [0, 0.1) is 5.92 Å². The van der Waals surface area contributed by atoms with Crippen molar-refractivity contribution >= 4 is 33.6 Å². The van der Waals surface area contributed by atoms with Gasteiger partial charge in [-0.05, 0) is 24.6 Å². The Bertz CT molecular complexity index is 427. The van der Waals surface area contributed by atoms with Crippen molar-refractivity contribution in [3.05, 3.63) is 28.7 Å². The van der Waals surface area contributed by atoms with Gasteiger partial charge in [0.2, 0.25) is 5.91 Å². The molecule has 1 N–H and O–H groups in total. The zero-order valence-corrected chi connectivity index (χ0v) is 12.4. The van der Waals surface area contributed by atoms with Gasteiger partial charge in [-0.25, -0.2) is 0 Å². The fourth-order valence-electron chi connectivity index (χ4n) is 2.00. The van der Waals surface area contributed by atoms with Crippen molar-refractivity contribution in [2.45, 2.75) is 11.3 Å². The highest BCUT2D eigenvalue weighted by molar-refractivity contribution is 9.10. The van der Waals surface area contributed by atoms with Crippen molar-refractivity contribution in [3.63, 3.8) is 0 Å². The largest absolute Gasteiger partial charge is 0.396 e. The van der Waals surface area contributed by atoms with Gasteiger partial charge < -0.3 is 10.0 Å². The number of carbonyl (C=O) groups excluding carboxylic acids is 1. The first-order valence-electron chi connectivity index (χ1n) is 5.96. The minimum Gasteiger partial charge on any atom is -0.396 e. The van der Waals surface area contributed by atoms with Gasteiger partial charge in [0.15, 0.2) is 0 Å². The van der Waals surface area contributed by atoms with E-state index < -0.39 is 0 Å². The molecule has 18 heavy (non-hydrogen) atoms. The molecule has 0 aliphatic carbocycles. The summed E-state index contributed by atoms with van der Waals surface area (Å²) in [6.07, 6.45) is 0.920. The Kier molecular flexibility index (Phi) is 5.09. The summed E-state index contributed by atoms with van der Waals surface area (Å²) in [6.45, 7) is 1.67. The van der Waals surface area contributed by atoms with Crippen LogP contribution in [0.5, 0.6) is 0 Å². The average Bonchev–Trinajstić information content (AvgIpc) is 2.85. The summed E-state index contributed by atoms with van der Waals surface area (Å²) >= 11 is 4.97. The number of thioether (sulfide) groups is 1. The van der Waals surface area contributed by atoms with E-state index in [0.717, 1.165) is 22.3 Å². The Balaban J connectivity index is 1.82. The molecule has 1 heterocycles. The maximum atomic E-state index is 12.0. The van der Waals surface area contributed by atoms with Gasteiger partial charge in [0.1, 0.15) is 0 Å². The van der Waals surface area contributed by atoms with Crippen molar-refractivity contribution < 1.29 is 9.90 Å². The highest BCUT2D eigenvalue weighted by Crippen LogP contribution is 2.23. The molecule has 1 unspecified atom stereocenters. The lowest BCUT2D eigenvalue weighted by molar-refractivity contribution is -0.127. The van der Waals surface area contributed by atoms with Gasteiger partial charge in [0.25, 0.3) is 0 Å². The van der Waals surface area contributed by atoms with E-state index in [9.17, 15) is 4.79 Å². The molecule has 2 rings (SSSR count). The molecule has 0 spiro atoms. The van der Waals surface area contributed by atoms with Crippen molar-refractivity contribution in [2.75, 3.05) is 25.4 Å². The average molecular weight is 330 g/mol. The van der Waals surface area contributed by atoms with Gasteiger partial charge in [-0.15, -0.1) is 11.8 Å². The van der Waals surface area contributed by atoms with E-state index in [0.29, 0.717) is 12.3 Å². The normalized spacial score (nSPS) is 19.2. The van der Waals surface area contributed by atoms with Crippen LogP contribution in [0.2, 0.25) is 0 Å². The lowest BCUT2D eigenvalue weighted by Gasteiger charge is -2.15. The number of hydrogen-bond acceptors (Lipinski definition) is 3. The number of benzene rings is 1. The number of likely N-dealkylation sites (tertiary alicyclic amines) is 1. The Morgan fingerprint density at radius 1 is 1.56 bits per heavy atom. The second-order valence-corrected chi connectivity index (χ2v) is 6.39. The van der Waals surface area contributed by atoms with E-state index in [4.69, 9.17) is 5.11 Å². The molecule has 0 saturated carbocycles. The lowest BCUT2D eigenvalue weighted by Crippen LogP contribution is -2.30. The van der Waals surface area contributed by atoms with Gasteiger partial charge >= 0.3 is 0 Å². The van der Waals surface area contributed by atoms with Crippen LogP contribution in [0.25, 0.3) is 0 Å². The first kappa shape index (κ1) is 13.9. The molecule has 1 fully saturated rings. The Labute approximate surface area is 120 Å². The molecule has 1 aromatic rings. The summed E-state index contributed by atoms with van der Waals surface area (Å²) in [5.74, 6) is 0.898. The smallest absolute Gasteiger partial charge is 0.232 e. The fraction of sp³-hybridized carbons (Fsp3) is 0.462. The molecule has 3 nitrogen and oxygen atoms in total. The third-order valence-electron chi connectivity index (χ3n) is 3.06. The van der Waals surface area contributed by atoms with Crippen LogP contribution in [0.3, 0.4) is 0 Å². The predicted octanol–water partition coefficient (Wildman–Crippen LogP) is 2.38.